The molecule has 3 heterocycles. The predicted molar refractivity (Wildman–Crippen MR) is 72.8 cm³/mol. The molecule has 0 radical (unpaired) electrons. The van der Waals surface area contributed by atoms with Gasteiger partial charge >= 0.3 is 6.18 Å². The highest BCUT2D eigenvalue weighted by molar-refractivity contribution is 5.67. The topological polar surface area (TPSA) is 81.1 Å². The van der Waals surface area contributed by atoms with Crippen LogP contribution >= 0.6 is 0 Å². The van der Waals surface area contributed by atoms with Crippen LogP contribution < -0.4 is 10.6 Å². The molecule has 0 fully saturated rings. The van der Waals surface area contributed by atoms with Crippen molar-refractivity contribution in [3.05, 3.63) is 36.1 Å². The Kier molecular flexibility index (Phi) is 3.47. The van der Waals surface area contributed by atoms with Crippen LogP contribution in [0.2, 0.25) is 0 Å². The summed E-state index contributed by atoms with van der Waals surface area (Å²) < 4.78 is 43.6. The minimum absolute atomic E-state index is 0.0861. The molecule has 116 valence electrons. The second-order valence-corrected chi connectivity index (χ2v) is 4.73. The summed E-state index contributed by atoms with van der Waals surface area (Å²) >= 11 is 0. The fraction of sp³-hybridized carbons (Fsp3) is 0.308. The molecule has 1 aliphatic heterocycles. The fourth-order valence-electron chi connectivity index (χ4n) is 2.20. The quantitative estimate of drug-likeness (QED) is 0.917. The van der Waals surface area contributed by atoms with Gasteiger partial charge in [-0.05, 0) is 18.6 Å². The molecule has 2 aromatic rings. The number of anilines is 2. The van der Waals surface area contributed by atoms with Gasteiger partial charge in [-0.15, -0.1) is 0 Å². The van der Waals surface area contributed by atoms with Crippen LogP contribution in [0.3, 0.4) is 0 Å². The minimum Gasteiger partial charge on any atom is -0.465 e. The molecule has 0 saturated heterocycles. The Bertz CT molecular complexity index is 696. The van der Waals surface area contributed by atoms with Crippen LogP contribution in [0.25, 0.3) is 5.57 Å². The van der Waals surface area contributed by atoms with E-state index in [0.717, 1.165) is 5.57 Å². The summed E-state index contributed by atoms with van der Waals surface area (Å²) in [5.41, 5.74) is 6.23. The van der Waals surface area contributed by atoms with E-state index in [2.05, 4.69) is 15.0 Å². The highest BCUT2D eigenvalue weighted by Gasteiger charge is 2.36. The second-order valence-electron chi connectivity index (χ2n) is 4.73. The molecule has 0 aliphatic carbocycles. The minimum atomic E-state index is -4.67. The van der Waals surface area contributed by atoms with E-state index in [0.29, 0.717) is 25.3 Å². The van der Waals surface area contributed by atoms with Crippen molar-refractivity contribution in [3.63, 3.8) is 0 Å². The summed E-state index contributed by atoms with van der Waals surface area (Å²) in [6, 6.07) is 3.54. The molecule has 0 aromatic carbocycles. The first-order valence-electron chi connectivity index (χ1n) is 6.50. The lowest BCUT2D eigenvalue weighted by molar-refractivity contribution is -0.144. The average molecular weight is 311 g/mol. The van der Waals surface area contributed by atoms with Gasteiger partial charge in [-0.25, -0.2) is 0 Å². The van der Waals surface area contributed by atoms with Gasteiger partial charge < -0.3 is 15.1 Å². The van der Waals surface area contributed by atoms with Crippen molar-refractivity contribution >= 4 is 17.5 Å². The number of halogens is 3. The first-order chi connectivity index (χ1) is 10.4. The summed E-state index contributed by atoms with van der Waals surface area (Å²) in [4.78, 5) is 12.1. The van der Waals surface area contributed by atoms with E-state index < -0.39 is 17.9 Å². The van der Waals surface area contributed by atoms with E-state index in [1.165, 1.54) is 6.26 Å². The van der Waals surface area contributed by atoms with E-state index in [9.17, 15) is 13.2 Å². The molecule has 1 aliphatic rings. The van der Waals surface area contributed by atoms with Gasteiger partial charge in [0.25, 0.3) is 0 Å². The molecule has 0 amide bonds. The molecule has 0 bridgehead atoms. The van der Waals surface area contributed by atoms with Crippen LogP contribution in [-0.2, 0) is 6.18 Å². The molecule has 0 spiro atoms. The van der Waals surface area contributed by atoms with Gasteiger partial charge in [0.2, 0.25) is 17.7 Å². The van der Waals surface area contributed by atoms with Crippen molar-refractivity contribution in [2.24, 2.45) is 0 Å². The van der Waals surface area contributed by atoms with Crippen LogP contribution in [0.5, 0.6) is 0 Å². The number of nitrogens with zero attached hydrogens (tertiary/aromatic N) is 4. The van der Waals surface area contributed by atoms with E-state index >= 15 is 0 Å². The summed E-state index contributed by atoms with van der Waals surface area (Å²) in [7, 11) is 0. The highest BCUT2D eigenvalue weighted by atomic mass is 19.4. The smallest absolute Gasteiger partial charge is 0.451 e. The number of hydrogen-bond donors (Lipinski definition) is 1. The highest BCUT2D eigenvalue weighted by Crippen LogP contribution is 2.29. The Morgan fingerprint density at radius 2 is 2.05 bits per heavy atom. The van der Waals surface area contributed by atoms with E-state index in [1.54, 1.807) is 17.0 Å². The number of alkyl halides is 3. The predicted octanol–water partition coefficient (Wildman–Crippen LogP) is 2.36. The Morgan fingerprint density at radius 1 is 1.23 bits per heavy atom. The van der Waals surface area contributed by atoms with Gasteiger partial charge in [0.15, 0.2) is 0 Å². The summed E-state index contributed by atoms with van der Waals surface area (Å²) in [6.07, 6.45) is -0.507. The van der Waals surface area contributed by atoms with Gasteiger partial charge in [-0.3, -0.25) is 0 Å². The number of nitrogen functional groups attached to an aromatic ring is 1. The summed E-state index contributed by atoms with van der Waals surface area (Å²) in [5.74, 6) is -1.16. The van der Waals surface area contributed by atoms with Crippen molar-refractivity contribution in [1.29, 1.82) is 0 Å². The SMILES string of the molecule is Nc1nc(N2CCC=C(c3ccco3)C2)nc(C(F)(F)F)n1. The molecular formula is C13H12F3N5O. The first kappa shape index (κ1) is 14.4. The molecule has 3 rings (SSSR count). The molecule has 2 N–H and O–H groups in total. The van der Waals surface area contributed by atoms with Crippen LogP contribution in [0.1, 0.15) is 18.0 Å². The number of aromatic nitrogens is 3. The zero-order valence-electron chi connectivity index (χ0n) is 11.3. The lowest BCUT2D eigenvalue weighted by Crippen LogP contribution is -2.32. The van der Waals surface area contributed by atoms with Crippen molar-refractivity contribution in [3.8, 4) is 0 Å². The van der Waals surface area contributed by atoms with Gasteiger partial charge in [0.1, 0.15) is 5.76 Å². The molecule has 0 saturated carbocycles. The summed E-state index contributed by atoms with van der Waals surface area (Å²) in [5, 5.41) is 0. The van der Waals surface area contributed by atoms with Gasteiger partial charge in [0, 0.05) is 18.7 Å². The maximum Gasteiger partial charge on any atom is 0.451 e. The third-order valence-corrected chi connectivity index (χ3v) is 3.17. The Hall–Kier alpha value is -2.58. The molecule has 0 unspecified atom stereocenters. The van der Waals surface area contributed by atoms with Crippen LogP contribution in [0.15, 0.2) is 28.9 Å². The number of hydrogen-bond acceptors (Lipinski definition) is 6. The molecule has 22 heavy (non-hydrogen) atoms. The second kappa shape index (κ2) is 5.32. The number of rotatable bonds is 2. The lowest BCUT2D eigenvalue weighted by atomic mass is 10.1. The Morgan fingerprint density at radius 3 is 2.73 bits per heavy atom. The van der Waals surface area contributed by atoms with Crippen molar-refractivity contribution in [1.82, 2.24) is 15.0 Å². The van der Waals surface area contributed by atoms with Gasteiger partial charge in [0.05, 0.1) is 6.26 Å². The monoisotopic (exact) mass is 311 g/mol. The van der Waals surface area contributed by atoms with E-state index in [1.807, 2.05) is 6.08 Å². The Labute approximate surface area is 123 Å². The van der Waals surface area contributed by atoms with Crippen LogP contribution in [0, 0.1) is 0 Å². The molecular weight excluding hydrogens is 299 g/mol. The molecule has 6 nitrogen and oxygen atoms in total. The summed E-state index contributed by atoms with van der Waals surface area (Å²) in [6.45, 7) is 0.833. The molecule has 0 atom stereocenters. The van der Waals surface area contributed by atoms with Crippen molar-refractivity contribution in [2.75, 3.05) is 23.7 Å². The van der Waals surface area contributed by atoms with Crippen molar-refractivity contribution < 1.29 is 17.6 Å². The van der Waals surface area contributed by atoms with E-state index in [4.69, 9.17) is 10.2 Å². The average Bonchev–Trinajstić information content (AvgIpc) is 3.00. The normalized spacial score (nSPS) is 15.8. The standard InChI is InChI=1S/C13H12F3N5O/c14-13(15,16)10-18-11(17)20-12(19-10)21-5-1-3-8(7-21)9-4-2-6-22-9/h2-4,6H,1,5,7H2,(H2,17,18,19,20). The van der Waals surface area contributed by atoms with Crippen LogP contribution in [0.4, 0.5) is 25.1 Å². The lowest BCUT2D eigenvalue weighted by Gasteiger charge is -2.27. The van der Waals surface area contributed by atoms with Crippen molar-refractivity contribution in [2.45, 2.75) is 12.6 Å². The largest absolute Gasteiger partial charge is 0.465 e. The first-order valence-corrected chi connectivity index (χ1v) is 6.50. The van der Waals surface area contributed by atoms with Crippen LogP contribution in [-0.4, -0.2) is 28.0 Å². The maximum absolute atomic E-state index is 12.8. The zero-order valence-corrected chi connectivity index (χ0v) is 11.3. The molecule has 2 aromatic heterocycles. The molecule has 9 heteroatoms. The Balaban J connectivity index is 1.89. The number of furan rings is 1. The number of nitrogens with two attached hydrogens (primary N) is 1. The fourth-order valence-corrected chi connectivity index (χ4v) is 2.20. The zero-order chi connectivity index (χ0) is 15.7. The third-order valence-electron chi connectivity index (χ3n) is 3.17. The van der Waals surface area contributed by atoms with E-state index in [-0.39, 0.29) is 5.95 Å². The van der Waals surface area contributed by atoms with Gasteiger partial charge in [-0.1, -0.05) is 6.08 Å². The van der Waals surface area contributed by atoms with Gasteiger partial charge in [-0.2, -0.15) is 28.1 Å². The third kappa shape index (κ3) is 2.87. The maximum atomic E-state index is 12.8.